The van der Waals surface area contributed by atoms with Crippen LogP contribution in [0.2, 0.25) is 0 Å². The molecule has 1 saturated heterocycles. The summed E-state index contributed by atoms with van der Waals surface area (Å²) in [5, 5.41) is 2.98. The molecule has 31 heavy (non-hydrogen) atoms. The maximum absolute atomic E-state index is 13.0. The van der Waals surface area contributed by atoms with E-state index in [0.29, 0.717) is 0 Å². The maximum Gasteiger partial charge on any atom is 0.239 e. The van der Waals surface area contributed by atoms with E-state index < -0.39 is 0 Å². The molecular formula is C25H34N4O2. The van der Waals surface area contributed by atoms with Crippen molar-refractivity contribution in [1.29, 1.82) is 0 Å². The lowest BCUT2D eigenvalue weighted by atomic mass is 10.1. The lowest BCUT2D eigenvalue weighted by Gasteiger charge is -2.37. The summed E-state index contributed by atoms with van der Waals surface area (Å²) in [5.74, 6) is -0.0145. The molecule has 3 rings (SSSR count). The highest BCUT2D eigenvalue weighted by Gasteiger charge is 2.28. The number of hydrogen-bond donors (Lipinski definition) is 1. The van der Waals surface area contributed by atoms with Crippen molar-refractivity contribution in [2.24, 2.45) is 0 Å². The summed E-state index contributed by atoms with van der Waals surface area (Å²) in [6, 6.07) is 17.9. The first-order valence-corrected chi connectivity index (χ1v) is 11.1. The highest BCUT2D eigenvalue weighted by molar-refractivity contribution is 5.93. The molecule has 1 fully saturated rings. The van der Waals surface area contributed by atoms with Crippen LogP contribution in [0, 0.1) is 0 Å². The summed E-state index contributed by atoms with van der Waals surface area (Å²) in [4.78, 5) is 31.6. The van der Waals surface area contributed by atoms with Gasteiger partial charge in [0.05, 0.1) is 12.6 Å². The number of para-hydroxylation sites is 1. The Morgan fingerprint density at radius 1 is 1.00 bits per heavy atom. The molecule has 0 saturated carbocycles. The smallest absolute Gasteiger partial charge is 0.239 e. The molecular weight excluding hydrogens is 388 g/mol. The van der Waals surface area contributed by atoms with Crippen molar-refractivity contribution in [2.45, 2.75) is 32.9 Å². The molecule has 1 unspecified atom stereocenters. The van der Waals surface area contributed by atoms with Gasteiger partial charge in [0, 0.05) is 38.4 Å². The van der Waals surface area contributed by atoms with Crippen LogP contribution >= 0.6 is 0 Å². The first-order chi connectivity index (χ1) is 15.0. The molecule has 0 bridgehead atoms. The molecule has 0 aliphatic carbocycles. The molecule has 0 aromatic heterocycles. The van der Waals surface area contributed by atoms with Gasteiger partial charge in [0.25, 0.3) is 0 Å². The summed E-state index contributed by atoms with van der Waals surface area (Å²) in [6.45, 7) is 8.22. The standard InChI is InChI=1S/C25H34N4O2/c1-4-22-12-8-9-13-23(22)26-24(30)19-27(3)20(2)25(31)29-16-14-28(15-17-29)18-21-10-6-5-7-11-21/h5-13,20H,4,14-19H2,1-3H3,(H,26,30). The van der Waals surface area contributed by atoms with Crippen LogP contribution in [0.1, 0.15) is 25.0 Å². The highest BCUT2D eigenvalue weighted by atomic mass is 16.2. The maximum atomic E-state index is 13.0. The Labute approximate surface area is 185 Å². The number of nitrogens with zero attached hydrogens (tertiary/aromatic N) is 3. The fraction of sp³-hybridized carbons (Fsp3) is 0.440. The van der Waals surface area contributed by atoms with Gasteiger partial charge in [0.1, 0.15) is 0 Å². The summed E-state index contributed by atoms with van der Waals surface area (Å²) < 4.78 is 0. The number of anilines is 1. The number of benzene rings is 2. The monoisotopic (exact) mass is 422 g/mol. The Bertz CT molecular complexity index is 863. The quantitative estimate of drug-likeness (QED) is 0.711. The third kappa shape index (κ3) is 6.39. The molecule has 6 heteroatoms. The van der Waals surface area contributed by atoms with Gasteiger partial charge >= 0.3 is 0 Å². The molecule has 1 heterocycles. The van der Waals surface area contributed by atoms with Crippen molar-refractivity contribution in [3.05, 3.63) is 65.7 Å². The number of likely N-dealkylation sites (N-methyl/N-ethyl adjacent to an activating group) is 1. The van der Waals surface area contributed by atoms with Crippen LogP contribution in [0.15, 0.2) is 54.6 Å². The average molecular weight is 423 g/mol. The Morgan fingerprint density at radius 3 is 2.32 bits per heavy atom. The highest BCUT2D eigenvalue weighted by Crippen LogP contribution is 2.16. The summed E-state index contributed by atoms with van der Waals surface area (Å²) in [6.07, 6.45) is 0.859. The zero-order chi connectivity index (χ0) is 22.2. The van der Waals surface area contributed by atoms with Gasteiger partial charge in [0.15, 0.2) is 0 Å². The minimum Gasteiger partial charge on any atom is -0.339 e. The van der Waals surface area contributed by atoms with Crippen molar-refractivity contribution >= 4 is 17.5 Å². The summed E-state index contributed by atoms with van der Waals surface area (Å²) >= 11 is 0. The number of hydrogen-bond acceptors (Lipinski definition) is 4. The van der Waals surface area contributed by atoms with Crippen LogP contribution in [0.25, 0.3) is 0 Å². The van der Waals surface area contributed by atoms with Crippen molar-refractivity contribution < 1.29 is 9.59 Å². The molecule has 0 spiro atoms. The van der Waals surface area contributed by atoms with E-state index >= 15 is 0 Å². The molecule has 1 N–H and O–H groups in total. The number of nitrogens with one attached hydrogen (secondary N) is 1. The molecule has 166 valence electrons. The zero-order valence-electron chi connectivity index (χ0n) is 18.9. The molecule has 2 amide bonds. The fourth-order valence-corrected chi connectivity index (χ4v) is 3.92. The van der Waals surface area contributed by atoms with E-state index in [-0.39, 0.29) is 24.4 Å². The minimum atomic E-state index is -0.340. The minimum absolute atomic E-state index is 0.0867. The van der Waals surface area contributed by atoms with Crippen LogP contribution in [0.3, 0.4) is 0 Å². The molecule has 6 nitrogen and oxygen atoms in total. The number of carbonyl (C=O) groups excluding carboxylic acids is 2. The van der Waals surface area contributed by atoms with Gasteiger partial charge in [-0.05, 0) is 37.6 Å². The molecule has 2 aromatic rings. The topological polar surface area (TPSA) is 55.9 Å². The van der Waals surface area contributed by atoms with E-state index in [0.717, 1.165) is 50.4 Å². The summed E-state index contributed by atoms with van der Waals surface area (Å²) in [5.41, 5.74) is 3.25. The fourth-order valence-electron chi connectivity index (χ4n) is 3.92. The predicted molar refractivity (Wildman–Crippen MR) is 125 cm³/mol. The Kier molecular flexibility index (Phi) is 8.20. The molecule has 0 radical (unpaired) electrons. The Balaban J connectivity index is 1.46. The van der Waals surface area contributed by atoms with Gasteiger partial charge in [0.2, 0.25) is 11.8 Å². The van der Waals surface area contributed by atoms with Crippen molar-refractivity contribution in [1.82, 2.24) is 14.7 Å². The number of rotatable bonds is 8. The van der Waals surface area contributed by atoms with Gasteiger partial charge in [-0.3, -0.25) is 19.4 Å². The van der Waals surface area contributed by atoms with Gasteiger partial charge in [-0.15, -0.1) is 0 Å². The second kappa shape index (κ2) is 11.1. The van der Waals surface area contributed by atoms with Crippen LogP contribution in [0.4, 0.5) is 5.69 Å². The normalized spacial score (nSPS) is 15.7. The van der Waals surface area contributed by atoms with Gasteiger partial charge in [-0.25, -0.2) is 0 Å². The SMILES string of the molecule is CCc1ccccc1NC(=O)CN(C)C(C)C(=O)N1CCN(Cc2ccccc2)CC1. The second-order valence-corrected chi connectivity index (χ2v) is 8.24. The van der Waals surface area contributed by atoms with Crippen molar-refractivity contribution in [2.75, 3.05) is 45.1 Å². The molecule has 1 aliphatic heterocycles. The molecule has 1 aliphatic rings. The van der Waals surface area contributed by atoms with Crippen molar-refractivity contribution in [3.8, 4) is 0 Å². The number of carbonyl (C=O) groups is 2. The molecule has 1 atom stereocenters. The third-order valence-corrected chi connectivity index (χ3v) is 6.02. The zero-order valence-corrected chi connectivity index (χ0v) is 18.9. The lowest BCUT2D eigenvalue weighted by Crippen LogP contribution is -2.54. The third-order valence-electron chi connectivity index (χ3n) is 6.02. The predicted octanol–water partition coefficient (Wildman–Crippen LogP) is 2.85. The van der Waals surface area contributed by atoms with Gasteiger partial charge in [-0.2, -0.15) is 0 Å². The summed E-state index contributed by atoms with van der Waals surface area (Å²) in [7, 11) is 1.83. The van der Waals surface area contributed by atoms with E-state index in [4.69, 9.17) is 0 Å². The van der Waals surface area contributed by atoms with Crippen LogP contribution in [0.5, 0.6) is 0 Å². The van der Waals surface area contributed by atoms with E-state index in [1.54, 1.807) is 0 Å². The number of aryl methyl sites for hydroxylation is 1. The first kappa shape index (κ1) is 23.0. The van der Waals surface area contributed by atoms with Crippen LogP contribution in [-0.2, 0) is 22.6 Å². The Morgan fingerprint density at radius 2 is 1.65 bits per heavy atom. The molecule has 2 aromatic carbocycles. The van der Waals surface area contributed by atoms with Crippen molar-refractivity contribution in [3.63, 3.8) is 0 Å². The lowest BCUT2D eigenvalue weighted by molar-refractivity contribution is -0.138. The number of amides is 2. The first-order valence-electron chi connectivity index (χ1n) is 11.1. The average Bonchev–Trinajstić information content (AvgIpc) is 2.79. The second-order valence-electron chi connectivity index (χ2n) is 8.24. The largest absolute Gasteiger partial charge is 0.339 e. The van der Waals surface area contributed by atoms with Gasteiger partial charge in [-0.1, -0.05) is 55.5 Å². The Hall–Kier alpha value is -2.70. The van der Waals surface area contributed by atoms with Crippen LogP contribution < -0.4 is 5.32 Å². The number of piperazine rings is 1. The van der Waals surface area contributed by atoms with E-state index in [9.17, 15) is 9.59 Å². The van der Waals surface area contributed by atoms with E-state index in [1.165, 1.54) is 5.56 Å². The van der Waals surface area contributed by atoms with E-state index in [2.05, 4.69) is 41.4 Å². The van der Waals surface area contributed by atoms with Gasteiger partial charge < -0.3 is 10.2 Å². The van der Waals surface area contributed by atoms with E-state index in [1.807, 2.05) is 54.1 Å². The van der Waals surface area contributed by atoms with Crippen LogP contribution in [-0.4, -0.2) is 72.3 Å².